The highest BCUT2D eigenvalue weighted by Crippen LogP contribution is 2.53. The molecule has 1 aromatic heterocycles. The quantitative estimate of drug-likeness (QED) is 0.249. The Hall–Kier alpha value is -4.54. The summed E-state index contributed by atoms with van der Waals surface area (Å²) in [6.45, 7) is 1.66. The molecule has 1 N–H and O–H groups in total. The topological polar surface area (TPSA) is 88.5 Å². The lowest BCUT2D eigenvalue weighted by Crippen LogP contribution is -2.33. The van der Waals surface area contributed by atoms with Crippen molar-refractivity contribution in [2.24, 2.45) is 5.92 Å². The summed E-state index contributed by atoms with van der Waals surface area (Å²) in [5.41, 5.74) is 2.72. The number of nitrogens with one attached hydrogen (secondary N) is 1. The minimum Gasteiger partial charge on any atom is -0.324 e. The van der Waals surface area contributed by atoms with Crippen LogP contribution in [0.3, 0.4) is 0 Å². The molecule has 0 saturated carbocycles. The van der Waals surface area contributed by atoms with E-state index in [2.05, 4.69) is 5.32 Å². The van der Waals surface area contributed by atoms with Crippen LogP contribution in [0.1, 0.15) is 21.9 Å². The molecule has 5 aromatic rings. The SMILES string of the molecule is Cc1ccc(N2C(=O)C3Sc4c(sc(=O)n4CC(=O)Nc4cccc5ccccc45)C(c4ccc(F)cc4)C3C2=O)cc1. The number of thioether (sulfide) groups is 1. The Kier molecular flexibility index (Phi) is 6.75. The first-order chi connectivity index (χ1) is 20.8. The van der Waals surface area contributed by atoms with E-state index in [1.54, 1.807) is 30.3 Å². The van der Waals surface area contributed by atoms with Crippen molar-refractivity contribution in [3.8, 4) is 0 Å². The number of hydrogen-bond acceptors (Lipinski definition) is 6. The first-order valence-corrected chi connectivity index (χ1v) is 15.4. The number of benzene rings is 4. The normalized spacial score (nSPS) is 19.4. The number of carbonyl (C=O) groups is 3. The number of carbonyl (C=O) groups excluding carboxylic acids is 3. The Bertz CT molecular complexity index is 1980. The van der Waals surface area contributed by atoms with Crippen molar-refractivity contribution >= 4 is 63.0 Å². The van der Waals surface area contributed by atoms with Gasteiger partial charge in [0.25, 0.3) is 0 Å². The number of aryl methyl sites for hydroxylation is 1. The molecular formula is C33H24FN3O4S2. The molecule has 214 valence electrons. The Labute approximate surface area is 254 Å². The molecule has 4 aromatic carbocycles. The van der Waals surface area contributed by atoms with Crippen LogP contribution < -0.4 is 15.1 Å². The summed E-state index contributed by atoms with van der Waals surface area (Å²) >= 11 is 2.10. The van der Waals surface area contributed by atoms with Gasteiger partial charge in [0.2, 0.25) is 17.7 Å². The standard InChI is InChI=1S/C33H24FN3O4S2/c1-18-9-15-22(16-10-18)37-30(39)27-26(20-11-13-21(34)14-12-20)29-32(42-28(27)31(37)40)36(33(41)43-29)17-25(38)35-24-8-4-6-19-5-2-3-7-23(19)24/h2-16,26-28H,17H2,1H3,(H,35,38). The van der Waals surface area contributed by atoms with Crippen molar-refractivity contribution in [3.63, 3.8) is 0 Å². The second-order valence-electron chi connectivity index (χ2n) is 10.6. The lowest BCUT2D eigenvalue weighted by Gasteiger charge is -2.30. The molecule has 2 aliphatic rings. The van der Waals surface area contributed by atoms with E-state index >= 15 is 0 Å². The number of fused-ring (bicyclic) bond motifs is 3. The Morgan fingerprint density at radius 2 is 1.60 bits per heavy atom. The van der Waals surface area contributed by atoms with Gasteiger partial charge in [0.05, 0.1) is 16.6 Å². The van der Waals surface area contributed by atoms with Crippen LogP contribution in [0.5, 0.6) is 0 Å². The summed E-state index contributed by atoms with van der Waals surface area (Å²) in [5.74, 6) is -3.03. The third-order valence-corrected chi connectivity index (χ3v) is 10.5. The van der Waals surface area contributed by atoms with E-state index in [1.807, 2.05) is 55.5 Å². The van der Waals surface area contributed by atoms with E-state index in [9.17, 15) is 23.6 Å². The number of imide groups is 1. The number of hydrogen-bond donors (Lipinski definition) is 1. The van der Waals surface area contributed by atoms with Crippen LogP contribution in [0.2, 0.25) is 0 Å². The molecule has 1 fully saturated rings. The van der Waals surface area contributed by atoms with Crippen molar-refractivity contribution in [1.82, 2.24) is 4.57 Å². The van der Waals surface area contributed by atoms with Crippen molar-refractivity contribution in [1.29, 1.82) is 0 Å². The maximum absolute atomic E-state index is 13.9. The Balaban J connectivity index is 1.28. The predicted octanol–water partition coefficient (Wildman–Crippen LogP) is 5.95. The molecule has 3 heterocycles. The first-order valence-electron chi connectivity index (χ1n) is 13.7. The smallest absolute Gasteiger partial charge is 0.308 e. The number of amides is 3. The summed E-state index contributed by atoms with van der Waals surface area (Å²) in [6.07, 6.45) is 0. The second kappa shape index (κ2) is 10.6. The molecule has 3 atom stereocenters. The maximum Gasteiger partial charge on any atom is 0.308 e. The van der Waals surface area contributed by atoms with Gasteiger partial charge in [-0.15, -0.1) is 0 Å². The Morgan fingerprint density at radius 1 is 0.884 bits per heavy atom. The number of nitrogens with zero attached hydrogens (tertiary/aromatic N) is 2. The van der Waals surface area contributed by atoms with Crippen LogP contribution in [0.25, 0.3) is 10.8 Å². The van der Waals surface area contributed by atoms with Gasteiger partial charge >= 0.3 is 4.87 Å². The lowest BCUT2D eigenvalue weighted by molar-refractivity contribution is -0.122. The summed E-state index contributed by atoms with van der Waals surface area (Å²) in [4.78, 5) is 55.9. The predicted molar refractivity (Wildman–Crippen MR) is 166 cm³/mol. The van der Waals surface area contributed by atoms with Crippen LogP contribution in [0.4, 0.5) is 15.8 Å². The average Bonchev–Trinajstić information content (AvgIpc) is 3.44. The summed E-state index contributed by atoms with van der Waals surface area (Å²) < 4.78 is 15.3. The van der Waals surface area contributed by atoms with Crippen molar-refractivity contribution < 1.29 is 18.8 Å². The van der Waals surface area contributed by atoms with Crippen LogP contribution >= 0.6 is 23.1 Å². The summed E-state index contributed by atoms with van der Waals surface area (Å²) in [6, 6.07) is 26.2. The van der Waals surface area contributed by atoms with Gasteiger partial charge in [-0.05, 0) is 48.2 Å². The molecule has 1 saturated heterocycles. The molecule has 43 heavy (non-hydrogen) atoms. The van der Waals surface area contributed by atoms with E-state index in [1.165, 1.54) is 21.6 Å². The average molecular weight is 610 g/mol. The maximum atomic E-state index is 13.9. The molecule has 10 heteroatoms. The zero-order chi connectivity index (χ0) is 29.8. The van der Waals surface area contributed by atoms with Crippen LogP contribution in [-0.2, 0) is 20.9 Å². The molecule has 0 radical (unpaired) electrons. The molecule has 7 rings (SSSR count). The van der Waals surface area contributed by atoms with Gasteiger partial charge in [-0.3, -0.25) is 23.7 Å². The first kappa shape index (κ1) is 27.3. The number of halogens is 1. The fourth-order valence-corrected chi connectivity index (χ4v) is 8.67. The molecule has 0 spiro atoms. The largest absolute Gasteiger partial charge is 0.324 e. The van der Waals surface area contributed by atoms with Gasteiger partial charge < -0.3 is 5.32 Å². The molecule has 3 amide bonds. The molecule has 3 unspecified atom stereocenters. The van der Waals surface area contributed by atoms with Crippen LogP contribution in [-0.4, -0.2) is 27.5 Å². The molecule has 2 aliphatic heterocycles. The highest BCUT2D eigenvalue weighted by atomic mass is 32.2. The Morgan fingerprint density at radius 3 is 2.37 bits per heavy atom. The zero-order valence-corrected chi connectivity index (χ0v) is 24.5. The number of rotatable bonds is 5. The van der Waals surface area contributed by atoms with Gasteiger partial charge in [0, 0.05) is 21.9 Å². The monoisotopic (exact) mass is 609 g/mol. The fourth-order valence-electron chi connectivity index (χ4n) is 5.90. The van der Waals surface area contributed by atoms with Crippen LogP contribution in [0.15, 0.2) is 101 Å². The van der Waals surface area contributed by atoms with Crippen LogP contribution in [0, 0.1) is 18.7 Å². The van der Waals surface area contributed by atoms with Crippen molar-refractivity contribution in [3.05, 3.63) is 122 Å². The van der Waals surface area contributed by atoms with Crippen molar-refractivity contribution in [2.45, 2.75) is 29.7 Å². The fraction of sp³-hybridized carbons (Fsp3) is 0.152. The highest BCUT2D eigenvalue weighted by Gasteiger charge is 2.56. The lowest BCUT2D eigenvalue weighted by atomic mass is 9.83. The van der Waals surface area contributed by atoms with Gasteiger partial charge in [-0.1, -0.05) is 89.3 Å². The van der Waals surface area contributed by atoms with Gasteiger partial charge in [0.1, 0.15) is 17.6 Å². The minimum atomic E-state index is -0.822. The molecular weight excluding hydrogens is 586 g/mol. The van der Waals surface area contributed by atoms with Gasteiger partial charge in [-0.25, -0.2) is 9.29 Å². The van der Waals surface area contributed by atoms with Gasteiger partial charge in [-0.2, -0.15) is 0 Å². The third-order valence-electron chi connectivity index (χ3n) is 7.94. The molecule has 0 aliphatic carbocycles. The summed E-state index contributed by atoms with van der Waals surface area (Å²) in [5, 5.41) is 4.43. The van der Waals surface area contributed by atoms with E-state index in [4.69, 9.17) is 0 Å². The highest BCUT2D eigenvalue weighted by molar-refractivity contribution is 8.00. The molecule has 7 nitrogen and oxygen atoms in total. The number of anilines is 2. The second-order valence-corrected chi connectivity index (χ2v) is 12.8. The number of thiazole rings is 1. The van der Waals surface area contributed by atoms with Crippen molar-refractivity contribution in [2.75, 3.05) is 10.2 Å². The zero-order valence-electron chi connectivity index (χ0n) is 22.8. The van der Waals surface area contributed by atoms with Gasteiger partial charge in [0.15, 0.2) is 0 Å². The van der Waals surface area contributed by atoms with E-state index in [-0.39, 0.29) is 23.2 Å². The minimum absolute atomic E-state index is 0.266. The number of aromatic nitrogens is 1. The summed E-state index contributed by atoms with van der Waals surface area (Å²) in [7, 11) is 0. The molecule has 0 bridgehead atoms. The van der Waals surface area contributed by atoms with E-state index in [0.29, 0.717) is 26.8 Å². The third kappa shape index (κ3) is 4.67. The van der Waals surface area contributed by atoms with E-state index in [0.717, 1.165) is 39.4 Å². The van der Waals surface area contributed by atoms with E-state index < -0.39 is 28.8 Å².